The van der Waals surface area contributed by atoms with Gasteiger partial charge in [0.15, 0.2) is 0 Å². The minimum atomic E-state index is -0.168. The van der Waals surface area contributed by atoms with Crippen molar-refractivity contribution in [2.75, 3.05) is 7.11 Å². The molecule has 2 unspecified atom stereocenters. The van der Waals surface area contributed by atoms with Crippen LogP contribution in [0.2, 0.25) is 0 Å². The maximum Gasteiger partial charge on any atom is 0.118 e. The number of methoxy groups -OCH3 is 1. The second kappa shape index (κ2) is 8.98. The van der Waals surface area contributed by atoms with E-state index < -0.39 is 0 Å². The summed E-state index contributed by atoms with van der Waals surface area (Å²) in [7, 11) is 1.68. The van der Waals surface area contributed by atoms with E-state index in [2.05, 4.69) is 26.0 Å². The minimum Gasteiger partial charge on any atom is -0.497 e. The zero-order valence-electron chi connectivity index (χ0n) is 12.6. The van der Waals surface area contributed by atoms with Gasteiger partial charge in [-0.05, 0) is 42.9 Å². The fourth-order valence-corrected chi connectivity index (χ4v) is 2.48. The zero-order chi connectivity index (χ0) is 14.1. The number of aryl methyl sites for hydroxylation is 1. The van der Waals surface area contributed by atoms with Crippen molar-refractivity contribution < 1.29 is 9.84 Å². The van der Waals surface area contributed by atoms with E-state index in [0.717, 1.165) is 31.4 Å². The lowest BCUT2D eigenvalue weighted by Gasteiger charge is -2.21. The van der Waals surface area contributed by atoms with Gasteiger partial charge in [0.25, 0.3) is 0 Å². The predicted molar refractivity (Wildman–Crippen MR) is 80.6 cm³/mol. The second-order valence-corrected chi connectivity index (χ2v) is 5.26. The normalized spacial score (nSPS) is 14.1. The lowest BCUT2D eigenvalue weighted by Crippen LogP contribution is -2.20. The molecule has 0 saturated carbocycles. The van der Waals surface area contributed by atoms with Crippen molar-refractivity contribution in [1.82, 2.24) is 0 Å². The molecule has 0 fully saturated rings. The average Bonchev–Trinajstić information content (AvgIpc) is 2.46. The SMILES string of the molecule is CCCCC(CC)C(O)CCc1ccc(OC)cc1. The number of hydrogen-bond donors (Lipinski definition) is 1. The Bertz CT molecular complexity index is 332. The molecule has 0 heterocycles. The molecule has 1 N–H and O–H groups in total. The summed E-state index contributed by atoms with van der Waals surface area (Å²) in [6, 6.07) is 8.13. The van der Waals surface area contributed by atoms with Gasteiger partial charge in [-0.3, -0.25) is 0 Å². The van der Waals surface area contributed by atoms with Crippen LogP contribution in [0.15, 0.2) is 24.3 Å². The van der Waals surface area contributed by atoms with Gasteiger partial charge in [-0.1, -0.05) is 45.2 Å². The molecule has 1 aromatic rings. The standard InChI is InChI=1S/C17H28O2/c1-4-6-7-15(5-2)17(18)13-10-14-8-11-16(19-3)12-9-14/h8-9,11-12,15,17-18H,4-7,10,13H2,1-3H3. The Labute approximate surface area is 117 Å². The minimum absolute atomic E-state index is 0.168. The predicted octanol–water partition coefficient (Wildman–Crippen LogP) is 4.21. The molecule has 19 heavy (non-hydrogen) atoms. The van der Waals surface area contributed by atoms with Crippen LogP contribution in [0.25, 0.3) is 0 Å². The lowest BCUT2D eigenvalue weighted by molar-refractivity contribution is 0.0905. The van der Waals surface area contributed by atoms with E-state index in [9.17, 15) is 5.11 Å². The third-order valence-corrected chi connectivity index (χ3v) is 3.88. The van der Waals surface area contributed by atoms with Crippen LogP contribution in [0.3, 0.4) is 0 Å². The Balaban J connectivity index is 2.40. The molecule has 0 aliphatic heterocycles. The number of ether oxygens (including phenoxy) is 1. The van der Waals surface area contributed by atoms with Crippen molar-refractivity contribution in [2.45, 2.75) is 58.5 Å². The van der Waals surface area contributed by atoms with E-state index >= 15 is 0 Å². The first-order valence-electron chi connectivity index (χ1n) is 7.52. The van der Waals surface area contributed by atoms with Gasteiger partial charge in [0, 0.05) is 0 Å². The van der Waals surface area contributed by atoms with Crippen molar-refractivity contribution in [3.8, 4) is 5.75 Å². The molecule has 2 heteroatoms. The number of rotatable bonds is 9. The van der Waals surface area contributed by atoms with E-state index in [1.165, 1.54) is 18.4 Å². The number of aliphatic hydroxyl groups is 1. The number of benzene rings is 1. The van der Waals surface area contributed by atoms with Gasteiger partial charge < -0.3 is 9.84 Å². The van der Waals surface area contributed by atoms with Crippen LogP contribution in [0.1, 0.15) is 51.5 Å². The van der Waals surface area contributed by atoms with Crippen LogP contribution < -0.4 is 4.74 Å². The number of aliphatic hydroxyl groups excluding tert-OH is 1. The molecule has 2 nitrogen and oxygen atoms in total. The highest BCUT2D eigenvalue weighted by Gasteiger charge is 2.16. The fraction of sp³-hybridized carbons (Fsp3) is 0.647. The van der Waals surface area contributed by atoms with Crippen molar-refractivity contribution in [3.63, 3.8) is 0 Å². The zero-order valence-corrected chi connectivity index (χ0v) is 12.6. The van der Waals surface area contributed by atoms with Crippen molar-refractivity contribution in [1.29, 1.82) is 0 Å². The fourth-order valence-electron chi connectivity index (χ4n) is 2.48. The first-order chi connectivity index (χ1) is 9.21. The average molecular weight is 264 g/mol. The molecule has 1 aromatic carbocycles. The molecule has 1 rings (SSSR count). The Morgan fingerprint density at radius 1 is 1.11 bits per heavy atom. The van der Waals surface area contributed by atoms with Crippen LogP contribution in [0, 0.1) is 5.92 Å². The number of hydrogen-bond acceptors (Lipinski definition) is 2. The summed E-state index contributed by atoms with van der Waals surface area (Å²) in [5.41, 5.74) is 1.27. The molecule has 108 valence electrons. The van der Waals surface area contributed by atoms with E-state index in [-0.39, 0.29) is 6.10 Å². The van der Waals surface area contributed by atoms with E-state index in [4.69, 9.17) is 4.74 Å². The highest BCUT2D eigenvalue weighted by atomic mass is 16.5. The van der Waals surface area contributed by atoms with E-state index in [1.807, 2.05) is 12.1 Å². The maximum absolute atomic E-state index is 10.3. The Kier molecular flexibility index (Phi) is 7.57. The topological polar surface area (TPSA) is 29.5 Å². The van der Waals surface area contributed by atoms with Crippen molar-refractivity contribution >= 4 is 0 Å². The molecular weight excluding hydrogens is 236 g/mol. The quantitative estimate of drug-likeness (QED) is 0.724. The van der Waals surface area contributed by atoms with Gasteiger partial charge in [0.05, 0.1) is 13.2 Å². The summed E-state index contributed by atoms with van der Waals surface area (Å²) in [6.45, 7) is 4.38. The highest BCUT2D eigenvalue weighted by molar-refractivity contribution is 5.27. The highest BCUT2D eigenvalue weighted by Crippen LogP contribution is 2.21. The van der Waals surface area contributed by atoms with Crippen LogP contribution in [-0.4, -0.2) is 18.3 Å². The molecule has 0 saturated heterocycles. The summed E-state index contributed by atoms with van der Waals surface area (Å²) in [4.78, 5) is 0. The largest absolute Gasteiger partial charge is 0.497 e. The molecule has 0 amide bonds. The molecule has 0 aromatic heterocycles. The van der Waals surface area contributed by atoms with Crippen LogP contribution in [0.4, 0.5) is 0 Å². The Morgan fingerprint density at radius 2 is 1.79 bits per heavy atom. The van der Waals surface area contributed by atoms with E-state index in [0.29, 0.717) is 5.92 Å². The third kappa shape index (κ3) is 5.65. The maximum atomic E-state index is 10.3. The van der Waals surface area contributed by atoms with Gasteiger partial charge in [0.1, 0.15) is 5.75 Å². The van der Waals surface area contributed by atoms with Gasteiger partial charge in [0.2, 0.25) is 0 Å². The summed E-state index contributed by atoms with van der Waals surface area (Å²) >= 11 is 0. The molecule has 0 aliphatic rings. The molecule has 0 radical (unpaired) electrons. The molecule has 0 aliphatic carbocycles. The molecular formula is C17H28O2. The summed E-state index contributed by atoms with van der Waals surface area (Å²) < 4.78 is 5.15. The van der Waals surface area contributed by atoms with Crippen molar-refractivity contribution in [3.05, 3.63) is 29.8 Å². The van der Waals surface area contributed by atoms with Crippen molar-refractivity contribution in [2.24, 2.45) is 5.92 Å². The lowest BCUT2D eigenvalue weighted by atomic mass is 9.90. The summed E-state index contributed by atoms with van der Waals surface area (Å²) in [5.74, 6) is 1.34. The van der Waals surface area contributed by atoms with Crippen LogP contribution in [0.5, 0.6) is 5.75 Å². The third-order valence-electron chi connectivity index (χ3n) is 3.88. The Hall–Kier alpha value is -1.02. The van der Waals surface area contributed by atoms with Crippen LogP contribution in [-0.2, 0) is 6.42 Å². The van der Waals surface area contributed by atoms with Gasteiger partial charge >= 0.3 is 0 Å². The summed E-state index contributed by atoms with van der Waals surface area (Å²) in [5, 5.41) is 10.3. The monoisotopic (exact) mass is 264 g/mol. The molecule has 2 atom stereocenters. The molecule has 0 spiro atoms. The first-order valence-corrected chi connectivity index (χ1v) is 7.52. The van der Waals surface area contributed by atoms with Gasteiger partial charge in [-0.15, -0.1) is 0 Å². The summed E-state index contributed by atoms with van der Waals surface area (Å²) in [6.07, 6.45) is 6.28. The van der Waals surface area contributed by atoms with E-state index in [1.54, 1.807) is 7.11 Å². The second-order valence-electron chi connectivity index (χ2n) is 5.26. The smallest absolute Gasteiger partial charge is 0.118 e. The first kappa shape index (κ1) is 16.0. The van der Waals surface area contributed by atoms with Gasteiger partial charge in [-0.2, -0.15) is 0 Å². The molecule has 0 bridgehead atoms. The van der Waals surface area contributed by atoms with Crippen LogP contribution >= 0.6 is 0 Å². The Morgan fingerprint density at radius 3 is 2.32 bits per heavy atom. The van der Waals surface area contributed by atoms with Gasteiger partial charge in [-0.25, -0.2) is 0 Å². The number of unbranched alkanes of at least 4 members (excludes halogenated alkanes) is 1.